The molecule has 1 N–H and O–H groups in total. The molecular weight excluding hydrogens is 397 g/mol. The van der Waals surface area contributed by atoms with E-state index in [-0.39, 0.29) is 17.9 Å². The van der Waals surface area contributed by atoms with Crippen LogP contribution in [-0.4, -0.2) is 17.5 Å². The molecule has 0 aliphatic heterocycles. The van der Waals surface area contributed by atoms with Crippen molar-refractivity contribution in [2.75, 3.05) is 11.9 Å². The monoisotopic (exact) mass is 416 g/mol. The topological polar surface area (TPSA) is 60.5 Å². The predicted molar refractivity (Wildman–Crippen MR) is 106 cm³/mol. The summed E-state index contributed by atoms with van der Waals surface area (Å²) >= 11 is 0. The normalized spacial score (nSPS) is 11.1. The van der Waals surface area contributed by atoms with Crippen LogP contribution in [0, 0.1) is 0 Å². The molecule has 0 radical (unpaired) electrons. The highest BCUT2D eigenvalue weighted by Crippen LogP contribution is 2.31. The lowest BCUT2D eigenvalue weighted by Crippen LogP contribution is -2.13. The maximum atomic E-state index is 12.7. The first kappa shape index (κ1) is 21.2. The number of hydrogen-bond acceptors (Lipinski definition) is 4. The summed E-state index contributed by atoms with van der Waals surface area (Å²) in [6.07, 6.45) is -1.08. The number of nitrogens with one attached hydrogen (secondary N) is 1. The van der Waals surface area contributed by atoms with E-state index in [1.165, 1.54) is 18.2 Å². The van der Waals surface area contributed by atoms with E-state index < -0.39 is 17.6 Å². The second-order valence-electron chi connectivity index (χ2n) is 6.27. The van der Waals surface area contributed by atoms with Crippen molar-refractivity contribution in [2.45, 2.75) is 19.7 Å². The Bertz CT molecular complexity index is 991. The van der Waals surface area contributed by atoms with Gasteiger partial charge in [-0.2, -0.15) is 13.2 Å². The average Bonchev–Trinajstić information content (AvgIpc) is 2.73. The third-order valence-electron chi connectivity index (χ3n) is 4.09. The number of amides is 1. The minimum Gasteiger partial charge on any atom is -0.490 e. The lowest BCUT2D eigenvalue weighted by molar-refractivity contribution is -0.137. The van der Waals surface area contributed by atoms with Gasteiger partial charge in [-0.1, -0.05) is 6.07 Å². The maximum absolute atomic E-state index is 12.7. The number of hydrogen-bond donors (Lipinski definition) is 1. The van der Waals surface area contributed by atoms with E-state index in [0.717, 1.165) is 17.7 Å². The van der Waals surface area contributed by atoms with E-state index in [1.54, 1.807) is 37.5 Å². The zero-order valence-corrected chi connectivity index (χ0v) is 16.1. The van der Waals surface area contributed by atoms with E-state index in [0.29, 0.717) is 18.1 Å². The number of nitrogens with zero attached hydrogens (tertiary/aromatic N) is 1. The first-order valence-electron chi connectivity index (χ1n) is 9.14. The first-order valence-corrected chi connectivity index (χ1v) is 9.14. The molecule has 3 rings (SSSR count). The van der Waals surface area contributed by atoms with Crippen molar-refractivity contribution in [3.8, 4) is 11.5 Å². The number of pyridine rings is 1. The lowest BCUT2D eigenvalue weighted by atomic mass is 10.1. The van der Waals surface area contributed by atoms with Gasteiger partial charge in [0.1, 0.15) is 6.61 Å². The summed E-state index contributed by atoms with van der Waals surface area (Å²) in [7, 11) is 0. The molecule has 1 amide bonds. The summed E-state index contributed by atoms with van der Waals surface area (Å²) in [4.78, 5) is 16.5. The standard InChI is InChI=1S/C22H19F3N2O3/c1-2-29-20-12-16(5-10-19(20)30-14-15-4-3-11-26-13-15)21(28)27-18-8-6-17(7-9-18)22(23,24)25/h3-13H,2,14H2,1H3,(H,27,28). The number of rotatable bonds is 7. The zero-order chi connectivity index (χ0) is 21.6. The molecule has 5 nitrogen and oxygen atoms in total. The van der Waals surface area contributed by atoms with Crippen molar-refractivity contribution in [2.24, 2.45) is 0 Å². The summed E-state index contributed by atoms with van der Waals surface area (Å²) in [5, 5.41) is 2.57. The molecule has 2 aromatic carbocycles. The number of anilines is 1. The Labute approximate surface area is 171 Å². The molecule has 156 valence electrons. The van der Waals surface area contributed by atoms with E-state index in [9.17, 15) is 18.0 Å². The second-order valence-corrected chi connectivity index (χ2v) is 6.27. The minimum atomic E-state index is -4.43. The number of carbonyl (C=O) groups is 1. The molecule has 0 fully saturated rings. The van der Waals surface area contributed by atoms with Gasteiger partial charge in [0.25, 0.3) is 5.91 Å². The van der Waals surface area contributed by atoms with E-state index in [1.807, 2.05) is 6.07 Å². The third-order valence-corrected chi connectivity index (χ3v) is 4.09. The van der Waals surface area contributed by atoms with Crippen molar-refractivity contribution in [3.05, 3.63) is 83.7 Å². The van der Waals surface area contributed by atoms with Crippen LogP contribution in [0.5, 0.6) is 11.5 Å². The van der Waals surface area contributed by atoms with Crippen molar-refractivity contribution in [1.82, 2.24) is 4.98 Å². The second kappa shape index (κ2) is 9.30. The molecule has 0 unspecified atom stereocenters. The molecule has 0 aliphatic carbocycles. The molecular formula is C22H19F3N2O3. The molecule has 8 heteroatoms. The van der Waals surface area contributed by atoms with Crippen LogP contribution in [0.15, 0.2) is 67.0 Å². The summed E-state index contributed by atoms with van der Waals surface area (Å²) in [5.74, 6) is 0.378. The van der Waals surface area contributed by atoms with Gasteiger partial charge >= 0.3 is 6.18 Å². The SMILES string of the molecule is CCOc1cc(C(=O)Nc2ccc(C(F)(F)F)cc2)ccc1OCc1cccnc1. The van der Waals surface area contributed by atoms with Crippen LogP contribution in [0.25, 0.3) is 0 Å². The Balaban J connectivity index is 1.72. The van der Waals surface area contributed by atoms with Crippen molar-refractivity contribution in [1.29, 1.82) is 0 Å². The maximum Gasteiger partial charge on any atom is 0.416 e. The molecule has 30 heavy (non-hydrogen) atoms. The van der Waals surface area contributed by atoms with Gasteiger partial charge in [0.15, 0.2) is 11.5 Å². The van der Waals surface area contributed by atoms with Crippen molar-refractivity contribution < 1.29 is 27.4 Å². The van der Waals surface area contributed by atoms with Crippen LogP contribution in [0.1, 0.15) is 28.4 Å². The fraction of sp³-hybridized carbons (Fsp3) is 0.182. The number of aromatic nitrogens is 1. The van der Waals surface area contributed by atoms with Gasteiger partial charge in [0.05, 0.1) is 12.2 Å². The fourth-order valence-electron chi connectivity index (χ4n) is 2.63. The first-order chi connectivity index (χ1) is 14.4. The number of ether oxygens (including phenoxy) is 2. The molecule has 0 saturated carbocycles. The smallest absolute Gasteiger partial charge is 0.416 e. The molecule has 1 aromatic heterocycles. The molecule has 3 aromatic rings. The van der Waals surface area contributed by atoms with Crippen molar-refractivity contribution in [3.63, 3.8) is 0 Å². The summed E-state index contributed by atoms with van der Waals surface area (Å²) in [5.41, 5.74) is 0.633. The predicted octanol–water partition coefficient (Wildman–Crippen LogP) is 5.33. The van der Waals surface area contributed by atoms with E-state index >= 15 is 0 Å². The Morgan fingerprint density at radius 1 is 1.03 bits per heavy atom. The molecule has 0 spiro atoms. The number of benzene rings is 2. The molecule has 1 heterocycles. The summed E-state index contributed by atoms with van der Waals surface area (Å²) in [6, 6.07) is 12.6. The number of carbonyl (C=O) groups excluding carboxylic acids is 1. The van der Waals surface area contributed by atoms with Gasteiger partial charge in [-0.15, -0.1) is 0 Å². The number of halogens is 3. The Hall–Kier alpha value is -3.55. The third kappa shape index (κ3) is 5.50. The Morgan fingerprint density at radius 2 is 1.80 bits per heavy atom. The summed E-state index contributed by atoms with van der Waals surface area (Å²) < 4.78 is 49.3. The highest BCUT2D eigenvalue weighted by atomic mass is 19.4. The van der Waals surface area contributed by atoms with Crippen LogP contribution in [0.2, 0.25) is 0 Å². The van der Waals surface area contributed by atoms with Gasteiger partial charge in [-0.3, -0.25) is 9.78 Å². The highest BCUT2D eigenvalue weighted by Gasteiger charge is 2.30. The fourth-order valence-corrected chi connectivity index (χ4v) is 2.63. The zero-order valence-electron chi connectivity index (χ0n) is 16.1. The largest absolute Gasteiger partial charge is 0.490 e. The Kier molecular flexibility index (Phi) is 6.56. The van der Waals surface area contributed by atoms with Crippen LogP contribution in [0.3, 0.4) is 0 Å². The van der Waals surface area contributed by atoms with Crippen LogP contribution in [0.4, 0.5) is 18.9 Å². The van der Waals surface area contributed by atoms with Gasteiger partial charge in [0.2, 0.25) is 0 Å². The van der Waals surface area contributed by atoms with E-state index in [4.69, 9.17) is 9.47 Å². The highest BCUT2D eigenvalue weighted by molar-refractivity contribution is 6.04. The summed E-state index contributed by atoms with van der Waals surface area (Å²) in [6.45, 7) is 2.46. The van der Waals surface area contributed by atoms with Gasteiger partial charge in [-0.05, 0) is 55.5 Å². The van der Waals surface area contributed by atoms with Crippen LogP contribution < -0.4 is 14.8 Å². The van der Waals surface area contributed by atoms with Gasteiger partial charge < -0.3 is 14.8 Å². The van der Waals surface area contributed by atoms with E-state index in [2.05, 4.69) is 10.3 Å². The quantitative estimate of drug-likeness (QED) is 0.566. The number of alkyl halides is 3. The van der Waals surface area contributed by atoms with Gasteiger partial charge in [0, 0.05) is 29.2 Å². The van der Waals surface area contributed by atoms with Crippen LogP contribution in [-0.2, 0) is 12.8 Å². The van der Waals surface area contributed by atoms with Crippen LogP contribution >= 0.6 is 0 Å². The lowest BCUT2D eigenvalue weighted by Gasteiger charge is -2.14. The van der Waals surface area contributed by atoms with Crippen molar-refractivity contribution >= 4 is 11.6 Å². The average molecular weight is 416 g/mol. The minimum absolute atomic E-state index is 0.253. The Morgan fingerprint density at radius 3 is 2.43 bits per heavy atom. The molecule has 0 aliphatic rings. The van der Waals surface area contributed by atoms with Gasteiger partial charge in [-0.25, -0.2) is 0 Å². The molecule has 0 bridgehead atoms. The molecule has 0 saturated heterocycles. The molecule has 0 atom stereocenters.